The molecule has 0 saturated carbocycles. The number of nitrogens with one attached hydrogen (secondary N) is 1. The van der Waals surface area contributed by atoms with Crippen LogP contribution in [-0.4, -0.2) is 41.7 Å². The van der Waals surface area contributed by atoms with E-state index in [-0.39, 0.29) is 5.91 Å². The van der Waals surface area contributed by atoms with Crippen LogP contribution < -0.4 is 5.32 Å². The van der Waals surface area contributed by atoms with E-state index in [1.807, 2.05) is 0 Å². The quantitative estimate of drug-likeness (QED) is 0.734. The third-order valence-electron chi connectivity index (χ3n) is 4.04. The highest BCUT2D eigenvalue weighted by Gasteiger charge is 2.36. The standard InChI is InChI=1S/C12H22N2OS/c1-14-10-3-2-4-11(14)8-9(7-10)13-12(15)5-6-16/h9-11,16H,2-8H2,1H3,(H,13,15). The minimum Gasteiger partial charge on any atom is -0.353 e. The molecular formula is C12H22N2OS. The molecule has 2 fully saturated rings. The van der Waals surface area contributed by atoms with Crippen molar-refractivity contribution < 1.29 is 4.79 Å². The van der Waals surface area contributed by atoms with Crippen LogP contribution in [0.5, 0.6) is 0 Å². The molecule has 2 aliphatic heterocycles. The molecule has 1 amide bonds. The first-order valence-electron chi connectivity index (χ1n) is 6.33. The maximum absolute atomic E-state index is 11.5. The molecule has 0 radical (unpaired) electrons. The zero-order valence-corrected chi connectivity index (χ0v) is 10.9. The van der Waals surface area contributed by atoms with Gasteiger partial charge in [0.1, 0.15) is 0 Å². The van der Waals surface area contributed by atoms with Gasteiger partial charge in [0.2, 0.25) is 5.91 Å². The molecule has 2 bridgehead atoms. The highest BCUT2D eigenvalue weighted by molar-refractivity contribution is 7.80. The van der Waals surface area contributed by atoms with Crippen LogP contribution in [0.4, 0.5) is 0 Å². The molecule has 2 rings (SSSR count). The molecule has 92 valence electrons. The third-order valence-corrected chi connectivity index (χ3v) is 4.27. The number of fused-ring (bicyclic) bond motifs is 2. The van der Waals surface area contributed by atoms with Crippen molar-refractivity contribution in [2.75, 3.05) is 12.8 Å². The zero-order valence-electron chi connectivity index (χ0n) is 9.98. The summed E-state index contributed by atoms with van der Waals surface area (Å²) in [5.41, 5.74) is 0. The van der Waals surface area contributed by atoms with E-state index in [4.69, 9.17) is 0 Å². The number of thiol groups is 1. The monoisotopic (exact) mass is 242 g/mol. The molecule has 0 aromatic rings. The molecule has 2 atom stereocenters. The number of carbonyl (C=O) groups is 1. The van der Waals surface area contributed by atoms with Gasteiger partial charge in [0.05, 0.1) is 0 Å². The second kappa shape index (κ2) is 5.41. The number of piperidine rings is 2. The van der Waals surface area contributed by atoms with Crippen LogP contribution in [0, 0.1) is 0 Å². The van der Waals surface area contributed by atoms with Crippen molar-refractivity contribution in [3.63, 3.8) is 0 Å². The van der Waals surface area contributed by atoms with Crippen LogP contribution in [-0.2, 0) is 4.79 Å². The first kappa shape index (κ1) is 12.2. The van der Waals surface area contributed by atoms with E-state index in [0.29, 0.717) is 30.3 Å². The van der Waals surface area contributed by atoms with Crippen LogP contribution in [0.15, 0.2) is 0 Å². The Bertz CT molecular complexity index is 245. The number of nitrogens with zero attached hydrogens (tertiary/aromatic N) is 1. The summed E-state index contributed by atoms with van der Waals surface area (Å²) >= 11 is 4.09. The Labute approximate surface area is 103 Å². The first-order valence-corrected chi connectivity index (χ1v) is 6.96. The van der Waals surface area contributed by atoms with Gasteiger partial charge in [-0.3, -0.25) is 4.79 Å². The molecular weight excluding hydrogens is 220 g/mol. The first-order chi connectivity index (χ1) is 7.70. The average molecular weight is 242 g/mol. The lowest BCUT2D eigenvalue weighted by molar-refractivity contribution is -0.122. The summed E-state index contributed by atoms with van der Waals surface area (Å²) < 4.78 is 0. The number of hydrogen-bond donors (Lipinski definition) is 2. The van der Waals surface area contributed by atoms with Crippen LogP contribution in [0.3, 0.4) is 0 Å². The SMILES string of the molecule is CN1C2CCCC1CC(NC(=O)CCS)C2. The van der Waals surface area contributed by atoms with Crippen LogP contribution >= 0.6 is 12.6 Å². The number of rotatable bonds is 3. The Kier molecular flexibility index (Phi) is 4.14. The molecule has 2 heterocycles. The summed E-state index contributed by atoms with van der Waals surface area (Å²) in [7, 11) is 2.24. The summed E-state index contributed by atoms with van der Waals surface area (Å²) in [5.74, 6) is 0.813. The second-order valence-electron chi connectivity index (χ2n) is 5.11. The summed E-state index contributed by atoms with van der Waals surface area (Å²) in [6.45, 7) is 0. The Morgan fingerprint density at radius 1 is 1.38 bits per heavy atom. The minimum absolute atomic E-state index is 0.169. The topological polar surface area (TPSA) is 32.3 Å². The van der Waals surface area contributed by atoms with Crippen molar-refractivity contribution in [3.8, 4) is 0 Å². The van der Waals surface area contributed by atoms with E-state index in [2.05, 4.69) is 29.9 Å². The molecule has 16 heavy (non-hydrogen) atoms. The highest BCUT2D eigenvalue weighted by Crippen LogP contribution is 2.32. The molecule has 2 saturated heterocycles. The third kappa shape index (κ3) is 2.72. The minimum atomic E-state index is 0.169. The van der Waals surface area contributed by atoms with Gasteiger partial charge in [0.25, 0.3) is 0 Å². The Morgan fingerprint density at radius 3 is 2.56 bits per heavy atom. The van der Waals surface area contributed by atoms with Gasteiger partial charge in [0.15, 0.2) is 0 Å². The van der Waals surface area contributed by atoms with E-state index in [9.17, 15) is 4.79 Å². The summed E-state index contributed by atoms with van der Waals surface area (Å²) in [6, 6.07) is 1.78. The van der Waals surface area contributed by atoms with Crippen molar-refractivity contribution >= 4 is 18.5 Å². The normalized spacial score (nSPS) is 34.8. The fourth-order valence-electron chi connectivity index (χ4n) is 3.14. The molecule has 0 spiro atoms. The molecule has 2 unspecified atom stereocenters. The largest absolute Gasteiger partial charge is 0.353 e. The predicted octanol–water partition coefficient (Wildman–Crippen LogP) is 1.44. The zero-order chi connectivity index (χ0) is 11.5. The lowest BCUT2D eigenvalue weighted by Gasteiger charge is -2.47. The molecule has 0 aliphatic carbocycles. The maximum Gasteiger partial charge on any atom is 0.221 e. The molecule has 0 aromatic heterocycles. The molecule has 1 N–H and O–H groups in total. The van der Waals surface area contributed by atoms with Crippen molar-refractivity contribution in [3.05, 3.63) is 0 Å². The van der Waals surface area contributed by atoms with Crippen molar-refractivity contribution in [1.82, 2.24) is 10.2 Å². The number of amides is 1. The van der Waals surface area contributed by atoms with Crippen LogP contribution in [0.2, 0.25) is 0 Å². The second-order valence-corrected chi connectivity index (χ2v) is 5.56. The summed E-state index contributed by atoms with van der Waals surface area (Å²) in [4.78, 5) is 14.1. The molecule has 4 heteroatoms. The van der Waals surface area contributed by atoms with Crippen LogP contribution in [0.1, 0.15) is 38.5 Å². The lowest BCUT2D eigenvalue weighted by atomic mass is 9.82. The van der Waals surface area contributed by atoms with Gasteiger partial charge in [-0.2, -0.15) is 12.6 Å². The summed E-state index contributed by atoms with van der Waals surface area (Å²) in [6.07, 6.45) is 6.76. The van der Waals surface area contributed by atoms with E-state index in [0.717, 1.165) is 12.8 Å². The van der Waals surface area contributed by atoms with E-state index >= 15 is 0 Å². The Balaban J connectivity index is 1.87. The number of carbonyl (C=O) groups excluding carboxylic acids is 1. The van der Waals surface area contributed by atoms with Gasteiger partial charge in [-0.15, -0.1) is 0 Å². The van der Waals surface area contributed by atoms with E-state index < -0.39 is 0 Å². The van der Waals surface area contributed by atoms with Gasteiger partial charge in [-0.1, -0.05) is 6.42 Å². The number of hydrogen-bond acceptors (Lipinski definition) is 3. The maximum atomic E-state index is 11.5. The van der Waals surface area contributed by atoms with Gasteiger partial charge in [0, 0.05) is 24.5 Å². The van der Waals surface area contributed by atoms with Gasteiger partial charge in [-0.05, 0) is 38.5 Å². The van der Waals surface area contributed by atoms with Gasteiger partial charge >= 0.3 is 0 Å². The molecule has 2 aliphatic rings. The lowest BCUT2D eigenvalue weighted by Crippen LogP contribution is -2.55. The summed E-state index contributed by atoms with van der Waals surface area (Å²) in [5, 5.41) is 3.15. The van der Waals surface area contributed by atoms with Gasteiger partial charge < -0.3 is 10.2 Å². The highest BCUT2D eigenvalue weighted by atomic mass is 32.1. The van der Waals surface area contributed by atoms with E-state index in [1.54, 1.807) is 0 Å². The molecule has 3 nitrogen and oxygen atoms in total. The van der Waals surface area contributed by atoms with Crippen molar-refractivity contribution in [2.45, 2.75) is 56.7 Å². The average Bonchev–Trinajstić information content (AvgIpc) is 2.20. The Hall–Kier alpha value is -0.220. The molecule has 0 aromatic carbocycles. The van der Waals surface area contributed by atoms with Crippen molar-refractivity contribution in [2.24, 2.45) is 0 Å². The fraction of sp³-hybridized carbons (Fsp3) is 0.917. The van der Waals surface area contributed by atoms with E-state index in [1.165, 1.54) is 19.3 Å². The fourth-order valence-corrected chi connectivity index (χ4v) is 3.34. The smallest absolute Gasteiger partial charge is 0.221 e. The predicted molar refractivity (Wildman–Crippen MR) is 68.8 cm³/mol. The van der Waals surface area contributed by atoms with Gasteiger partial charge in [-0.25, -0.2) is 0 Å². The van der Waals surface area contributed by atoms with Crippen LogP contribution in [0.25, 0.3) is 0 Å². The Morgan fingerprint density at radius 2 is 2.00 bits per heavy atom. The van der Waals surface area contributed by atoms with Crippen molar-refractivity contribution in [1.29, 1.82) is 0 Å².